The number of nitrogens with zero attached hydrogens (tertiary/aromatic N) is 2. The average molecular weight is 399 g/mol. The summed E-state index contributed by atoms with van der Waals surface area (Å²) in [5.74, 6) is -0.817. The molecule has 1 spiro atoms. The number of nitrogens with one attached hydrogen (secondary N) is 1. The van der Waals surface area contributed by atoms with Crippen LogP contribution in [0, 0.1) is 11.8 Å². The van der Waals surface area contributed by atoms with E-state index in [4.69, 9.17) is 9.47 Å². The predicted molar refractivity (Wildman–Crippen MR) is 109 cm³/mol. The smallest absolute Gasteiger partial charge is 0.228 e. The number of carbonyl (C=O) groups is 2. The van der Waals surface area contributed by atoms with E-state index in [1.54, 1.807) is 0 Å². The Morgan fingerprint density at radius 3 is 2.24 bits per heavy atom. The molecule has 4 aliphatic rings. The molecule has 1 aromatic carbocycles. The van der Waals surface area contributed by atoms with Gasteiger partial charge in [-0.15, -0.1) is 0 Å². The molecule has 1 saturated carbocycles. The average Bonchev–Trinajstić information content (AvgIpc) is 3.12. The Hall–Kier alpha value is -2.12. The molecule has 156 valence electrons. The fourth-order valence-electron chi connectivity index (χ4n) is 4.81. The van der Waals surface area contributed by atoms with Crippen LogP contribution in [-0.2, 0) is 19.1 Å². The van der Waals surface area contributed by atoms with Gasteiger partial charge in [-0.05, 0) is 43.5 Å². The van der Waals surface area contributed by atoms with Gasteiger partial charge in [-0.25, -0.2) is 0 Å². The number of likely N-dealkylation sites (tertiary alicyclic amines) is 1. The fourth-order valence-corrected chi connectivity index (χ4v) is 4.81. The lowest BCUT2D eigenvalue weighted by Gasteiger charge is -2.37. The van der Waals surface area contributed by atoms with Gasteiger partial charge in [-0.2, -0.15) is 0 Å². The quantitative estimate of drug-likeness (QED) is 0.841. The van der Waals surface area contributed by atoms with Gasteiger partial charge in [-0.3, -0.25) is 9.59 Å². The van der Waals surface area contributed by atoms with Crippen LogP contribution in [0.4, 0.5) is 11.4 Å². The minimum absolute atomic E-state index is 0.0480. The van der Waals surface area contributed by atoms with E-state index in [0.717, 1.165) is 18.8 Å². The second kappa shape index (κ2) is 7.61. The number of rotatable bonds is 4. The SMILES string of the molecule is O=C(Nc1ccc(N2CCCC2)cc1)C1CC1C(=O)N1CCC2(CC1)OCCO2. The first-order chi connectivity index (χ1) is 14.1. The number of piperidine rings is 1. The number of amides is 2. The first kappa shape index (κ1) is 18.9. The second-order valence-corrected chi connectivity index (χ2v) is 8.61. The monoisotopic (exact) mass is 399 g/mol. The van der Waals surface area contributed by atoms with Crippen LogP contribution < -0.4 is 10.2 Å². The molecule has 2 amide bonds. The minimum atomic E-state index is -0.474. The van der Waals surface area contributed by atoms with Crippen molar-refractivity contribution in [3.63, 3.8) is 0 Å². The van der Waals surface area contributed by atoms with E-state index >= 15 is 0 Å². The Kier molecular flexibility index (Phi) is 4.95. The summed E-state index contributed by atoms with van der Waals surface area (Å²) in [4.78, 5) is 29.6. The molecular formula is C22H29N3O4. The van der Waals surface area contributed by atoms with Crippen LogP contribution in [0.1, 0.15) is 32.1 Å². The van der Waals surface area contributed by atoms with Gasteiger partial charge in [0, 0.05) is 50.4 Å². The summed E-state index contributed by atoms with van der Waals surface area (Å²) in [6.45, 7) is 4.76. The third-order valence-electron chi connectivity index (χ3n) is 6.70. The highest BCUT2D eigenvalue weighted by Gasteiger charge is 2.51. The van der Waals surface area contributed by atoms with Crippen molar-refractivity contribution in [2.75, 3.05) is 49.6 Å². The maximum atomic E-state index is 12.8. The number of hydrogen-bond acceptors (Lipinski definition) is 5. The summed E-state index contributed by atoms with van der Waals surface area (Å²) in [5, 5.41) is 2.98. The van der Waals surface area contributed by atoms with Gasteiger partial charge in [0.2, 0.25) is 11.8 Å². The lowest BCUT2D eigenvalue weighted by molar-refractivity contribution is -0.187. The molecule has 0 radical (unpaired) electrons. The first-order valence-corrected chi connectivity index (χ1v) is 10.9. The lowest BCUT2D eigenvalue weighted by Crippen LogP contribution is -2.48. The van der Waals surface area contributed by atoms with E-state index in [-0.39, 0.29) is 23.7 Å². The Balaban J connectivity index is 1.11. The van der Waals surface area contributed by atoms with E-state index in [9.17, 15) is 9.59 Å². The normalized spacial score (nSPS) is 28.0. The zero-order valence-electron chi connectivity index (χ0n) is 16.8. The first-order valence-electron chi connectivity index (χ1n) is 10.9. The molecule has 29 heavy (non-hydrogen) atoms. The van der Waals surface area contributed by atoms with Crippen LogP contribution in [0.2, 0.25) is 0 Å². The summed E-state index contributed by atoms with van der Waals surface area (Å²) in [6, 6.07) is 8.04. The largest absolute Gasteiger partial charge is 0.372 e. The van der Waals surface area contributed by atoms with Gasteiger partial charge in [-0.1, -0.05) is 0 Å². The van der Waals surface area contributed by atoms with Crippen LogP contribution in [0.15, 0.2) is 24.3 Å². The molecule has 7 nitrogen and oxygen atoms in total. The summed E-state index contributed by atoms with van der Waals surface area (Å²) in [6.07, 6.45) is 4.56. The van der Waals surface area contributed by atoms with E-state index < -0.39 is 5.79 Å². The van der Waals surface area contributed by atoms with E-state index in [0.29, 0.717) is 45.6 Å². The topological polar surface area (TPSA) is 71.1 Å². The fraction of sp³-hybridized carbons (Fsp3) is 0.636. The Morgan fingerprint density at radius 2 is 1.59 bits per heavy atom. The van der Waals surface area contributed by atoms with Crippen molar-refractivity contribution in [1.82, 2.24) is 4.90 Å². The number of carbonyl (C=O) groups excluding carboxylic acids is 2. The number of hydrogen-bond donors (Lipinski definition) is 1. The molecule has 0 aromatic heterocycles. The van der Waals surface area contributed by atoms with Crippen molar-refractivity contribution in [1.29, 1.82) is 0 Å². The molecule has 7 heteroatoms. The van der Waals surface area contributed by atoms with Crippen molar-refractivity contribution in [3.8, 4) is 0 Å². The van der Waals surface area contributed by atoms with Gasteiger partial charge in [0.25, 0.3) is 0 Å². The van der Waals surface area contributed by atoms with Crippen molar-refractivity contribution in [3.05, 3.63) is 24.3 Å². The maximum Gasteiger partial charge on any atom is 0.228 e. The number of benzene rings is 1. The Labute approximate surface area is 171 Å². The Bertz CT molecular complexity index is 759. The molecule has 1 N–H and O–H groups in total. The molecular weight excluding hydrogens is 370 g/mol. The third-order valence-corrected chi connectivity index (χ3v) is 6.70. The molecule has 2 atom stereocenters. The van der Waals surface area contributed by atoms with E-state index in [2.05, 4.69) is 22.3 Å². The van der Waals surface area contributed by atoms with Gasteiger partial charge in [0.05, 0.1) is 25.0 Å². The predicted octanol–water partition coefficient (Wildman–Crippen LogP) is 2.23. The highest BCUT2D eigenvalue weighted by atomic mass is 16.7. The minimum Gasteiger partial charge on any atom is -0.372 e. The molecule has 3 saturated heterocycles. The second-order valence-electron chi connectivity index (χ2n) is 8.61. The molecule has 3 aliphatic heterocycles. The third kappa shape index (κ3) is 3.85. The number of anilines is 2. The molecule has 0 bridgehead atoms. The van der Waals surface area contributed by atoms with Crippen molar-refractivity contribution >= 4 is 23.2 Å². The van der Waals surface area contributed by atoms with Gasteiger partial charge >= 0.3 is 0 Å². The highest BCUT2D eigenvalue weighted by Crippen LogP contribution is 2.42. The van der Waals surface area contributed by atoms with Gasteiger partial charge in [0.15, 0.2) is 5.79 Å². The van der Waals surface area contributed by atoms with Crippen LogP contribution in [0.3, 0.4) is 0 Å². The zero-order chi connectivity index (χ0) is 19.8. The van der Waals surface area contributed by atoms with E-state index in [1.165, 1.54) is 18.5 Å². The standard InChI is InChI=1S/C22H29N3O4/c26-20(23-16-3-5-17(6-4-16)24-9-1-2-10-24)18-15-19(18)21(27)25-11-7-22(8-12-25)28-13-14-29-22/h3-6,18-19H,1-2,7-15H2,(H,23,26). The van der Waals surface area contributed by atoms with Crippen LogP contribution in [-0.4, -0.2) is 61.9 Å². The molecule has 3 heterocycles. The summed E-state index contributed by atoms with van der Waals surface area (Å²) in [7, 11) is 0. The molecule has 1 aromatic rings. The van der Waals surface area contributed by atoms with E-state index in [1.807, 2.05) is 17.0 Å². The van der Waals surface area contributed by atoms with Crippen molar-refractivity contribution in [2.45, 2.75) is 37.9 Å². The molecule has 2 unspecified atom stereocenters. The lowest BCUT2D eigenvalue weighted by atomic mass is 10.0. The zero-order valence-corrected chi connectivity index (χ0v) is 16.8. The van der Waals surface area contributed by atoms with Gasteiger partial charge in [0.1, 0.15) is 0 Å². The summed E-state index contributed by atoms with van der Waals surface area (Å²) >= 11 is 0. The van der Waals surface area contributed by atoms with Crippen molar-refractivity contribution in [2.24, 2.45) is 11.8 Å². The van der Waals surface area contributed by atoms with Crippen LogP contribution in [0.5, 0.6) is 0 Å². The van der Waals surface area contributed by atoms with Crippen LogP contribution in [0.25, 0.3) is 0 Å². The summed E-state index contributed by atoms with van der Waals surface area (Å²) < 4.78 is 11.4. The molecule has 1 aliphatic carbocycles. The molecule has 4 fully saturated rings. The Morgan fingerprint density at radius 1 is 0.931 bits per heavy atom. The highest BCUT2D eigenvalue weighted by molar-refractivity contribution is 5.99. The molecule has 5 rings (SSSR count). The maximum absolute atomic E-state index is 12.8. The van der Waals surface area contributed by atoms with Gasteiger partial charge < -0.3 is 24.6 Å². The van der Waals surface area contributed by atoms with Crippen molar-refractivity contribution < 1.29 is 19.1 Å². The number of ether oxygens (including phenoxy) is 2. The summed E-state index contributed by atoms with van der Waals surface area (Å²) in [5.41, 5.74) is 2.00. The van der Waals surface area contributed by atoms with Crippen LogP contribution >= 0.6 is 0 Å².